The number of ether oxygens (including phenoxy) is 1. The molecule has 0 amide bonds. The molecule has 0 bridgehead atoms. The fraction of sp³-hybridized carbons (Fsp3) is 0.278. The van der Waals surface area contributed by atoms with Crippen LogP contribution in [0.5, 0.6) is 5.75 Å². The fourth-order valence-corrected chi connectivity index (χ4v) is 3.16. The topological polar surface area (TPSA) is 87.7 Å². The van der Waals surface area contributed by atoms with Crippen LogP contribution in [-0.2, 0) is 20.8 Å². The first-order valence-corrected chi connectivity index (χ1v) is 10.2. The van der Waals surface area contributed by atoms with Crippen LogP contribution in [-0.4, -0.2) is 32.2 Å². The van der Waals surface area contributed by atoms with Crippen molar-refractivity contribution in [2.75, 3.05) is 12.9 Å². The monoisotopic (exact) mass is 431 g/mol. The molecule has 0 N–H and O–H groups in total. The van der Waals surface area contributed by atoms with Gasteiger partial charge in [-0.1, -0.05) is 18.2 Å². The predicted octanol–water partition coefficient (Wildman–Crippen LogP) is 3.53. The summed E-state index contributed by atoms with van der Waals surface area (Å²) in [5.41, 5.74) is 2.07. The summed E-state index contributed by atoms with van der Waals surface area (Å²) >= 11 is 0. The lowest BCUT2D eigenvalue weighted by molar-refractivity contribution is -0.274. The van der Waals surface area contributed by atoms with Crippen LogP contribution in [0.3, 0.4) is 0 Å². The third kappa shape index (κ3) is 5.61. The summed E-state index contributed by atoms with van der Waals surface area (Å²) in [6.45, 7) is 0.0848. The van der Waals surface area contributed by atoms with Crippen molar-refractivity contribution in [2.24, 2.45) is 0 Å². The SMILES string of the molecule is CS(=O)(=O)OCCCn1c(=O)oc2ccc(-c3ccc(OC(F)(F)F)cc3)cc21. The van der Waals surface area contributed by atoms with E-state index in [0.29, 0.717) is 22.2 Å². The van der Waals surface area contributed by atoms with E-state index >= 15 is 0 Å². The lowest BCUT2D eigenvalue weighted by atomic mass is 10.1. The predicted molar refractivity (Wildman–Crippen MR) is 98.0 cm³/mol. The lowest BCUT2D eigenvalue weighted by Crippen LogP contribution is -2.16. The van der Waals surface area contributed by atoms with E-state index in [-0.39, 0.29) is 25.3 Å². The standard InChI is InChI=1S/C18H16F3NO6S/c1-29(24,25)26-10-2-9-22-15-11-13(5-8-16(15)27-17(22)23)12-3-6-14(7-4-12)28-18(19,20)21/h3-8,11H,2,9-10H2,1H3. The number of nitrogens with zero attached hydrogens (tertiary/aromatic N) is 1. The minimum Gasteiger partial charge on any atom is -0.408 e. The van der Waals surface area contributed by atoms with Crippen molar-refractivity contribution in [1.82, 2.24) is 4.57 Å². The highest BCUT2D eigenvalue weighted by atomic mass is 32.2. The number of halogens is 3. The maximum absolute atomic E-state index is 12.3. The Bertz CT molecular complexity index is 1160. The zero-order chi connectivity index (χ0) is 21.2. The maximum atomic E-state index is 12.3. The van der Waals surface area contributed by atoms with Gasteiger partial charge in [-0.25, -0.2) is 4.79 Å². The first-order valence-electron chi connectivity index (χ1n) is 8.36. The van der Waals surface area contributed by atoms with Crippen LogP contribution >= 0.6 is 0 Å². The molecule has 0 spiro atoms. The average Bonchev–Trinajstić information content (AvgIpc) is 2.92. The molecule has 0 aliphatic carbocycles. The molecule has 7 nitrogen and oxygen atoms in total. The number of aryl methyl sites for hydroxylation is 1. The Labute approximate surface area is 163 Å². The number of benzene rings is 2. The van der Waals surface area contributed by atoms with Gasteiger partial charge in [-0.15, -0.1) is 13.2 Å². The van der Waals surface area contributed by atoms with Gasteiger partial charge in [0, 0.05) is 6.54 Å². The number of aromatic nitrogens is 1. The van der Waals surface area contributed by atoms with Crippen LogP contribution in [0, 0.1) is 0 Å². The second kappa shape index (κ2) is 7.91. The van der Waals surface area contributed by atoms with Crippen molar-refractivity contribution in [3.63, 3.8) is 0 Å². The first-order chi connectivity index (χ1) is 13.5. The van der Waals surface area contributed by atoms with Gasteiger partial charge in [0.1, 0.15) is 5.75 Å². The molecular formula is C18H16F3NO6S. The van der Waals surface area contributed by atoms with Crippen molar-refractivity contribution >= 4 is 21.2 Å². The van der Waals surface area contributed by atoms with E-state index in [1.54, 1.807) is 18.2 Å². The van der Waals surface area contributed by atoms with E-state index in [2.05, 4.69) is 8.92 Å². The Morgan fingerprint density at radius 2 is 1.72 bits per heavy atom. The van der Waals surface area contributed by atoms with Gasteiger partial charge >= 0.3 is 12.1 Å². The number of hydrogen-bond donors (Lipinski definition) is 0. The summed E-state index contributed by atoms with van der Waals surface area (Å²) in [5.74, 6) is -0.946. The highest BCUT2D eigenvalue weighted by Gasteiger charge is 2.30. The van der Waals surface area contributed by atoms with Crippen LogP contribution < -0.4 is 10.5 Å². The molecule has 1 heterocycles. The summed E-state index contributed by atoms with van der Waals surface area (Å²) in [6, 6.07) is 10.2. The minimum atomic E-state index is -4.77. The van der Waals surface area contributed by atoms with Crippen molar-refractivity contribution in [3.05, 3.63) is 53.0 Å². The molecule has 156 valence electrons. The molecule has 0 aliphatic rings. The molecule has 0 saturated carbocycles. The Balaban J connectivity index is 1.83. The van der Waals surface area contributed by atoms with E-state index in [0.717, 1.165) is 6.26 Å². The zero-order valence-electron chi connectivity index (χ0n) is 15.1. The van der Waals surface area contributed by atoms with Crippen molar-refractivity contribution in [2.45, 2.75) is 19.3 Å². The maximum Gasteiger partial charge on any atom is 0.573 e. The van der Waals surface area contributed by atoms with Crippen LogP contribution in [0.25, 0.3) is 22.2 Å². The van der Waals surface area contributed by atoms with Crippen LogP contribution in [0.2, 0.25) is 0 Å². The molecule has 0 saturated heterocycles. The third-order valence-electron chi connectivity index (χ3n) is 3.91. The molecule has 0 atom stereocenters. The van der Waals surface area contributed by atoms with Crippen molar-refractivity contribution < 1.29 is 34.9 Å². The number of oxazole rings is 1. The molecule has 29 heavy (non-hydrogen) atoms. The number of rotatable bonds is 7. The summed E-state index contributed by atoms with van der Waals surface area (Å²) in [5, 5.41) is 0. The number of alkyl halides is 3. The van der Waals surface area contributed by atoms with E-state index in [1.807, 2.05) is 0 Å². The van der Waals surface area contributed by atoms with Crippen LogP contribution in [0.1, 0.15) is 6.42 Å². The molecule has 11 heteroatoms. The quantitative estimate of drug-likeness (QED) is 0.420. The van der Waals surface area contributed by atoms with E-state index in [1.165, 1.54) is 28.8 Å². The highest BCUT2D eigenvalue weighted by molar-refractivity contribution is 7.85. The number of fused-ring (bicyclic) bond motifs is 1. The molecule has 0 unspecified atom stereocenters. The van der Waals surface area contributed by atoms with Gasteiger partial charge in [0.15, 0.2) is 5.58 Å². The van der Waals surface area contributed by atoms with E-state index in [9.17, 15) is 26.4 Å². The molecule has 3 aromatic rings. The minimum absolute atomic E-state index is 0.0850. The molecular weight excluding hydrogens is 415 g/mol. The molecule has 0 fully saturated rings. The second-order valence-electron chi connectivity index (χ2n) is 6.15. The summed E-state index contributed by atoms with van der Waals surface area (Å²) < 4.78 is 73.8. The lowest BCUT2D eigenvalue weighted by Gasteiger charge is -2.09. The van der Waals surface area contributed by atoms with Gasteiger partial charge in [-0.05, 0) is 41.8 Å². The van der Waals surface area contributed by atoms with E-state index in [4.69, 9.17) is 4.42 Å². The number of hydrogen-bond acceptors (Lipinski definition) is 6. The average molecular weight is 431 g/mol. The van der Waals surface area contributed by atoms with Crippen LogP contribution in [0.15, 0.2) is 51.7 Å². The van der Waals surface area contributed by atoms with Crippen molar-refractivity contribution in [1.29, 1.82) is 0 Å². The van der Waals surface area contributed by atoms with Gasteiger partial charge in [-0.3, -0.25) is 8.75 Å². The summed E-state index contributed by atoms with van der Waals surface area (Å²) in [6.07, 6.45) is -3.58. The summed E-state index contributed by atoms with van der Waals surface area (Å²) in [7, 11) is -3.57. The Morgan fingerprint density at radius 1 is 1.07 bits per heavy atom. The Hall–Kier alpha value is -2.79. The highest BCUT2D eigenvalue weighted by Crippen LogP contribution is 2.28. The Morgan fingerprint density at radius 3 is 2.34 bits per heavy atom. The molecule has 2 aromatic carbocycles. The largest absolute Gasteiger partial charge is 0.573 e. The van der Waals surface area contributed by atoms with E-state index < -0.39 is 22.2 Å². The van der Waals surface area contributed by atoms with Gasteiger partial charge in [0.25, 0.3) is 10.1 Å². The zero-order valence-corrected chi connectivity index (χ0v) is 15.9. The Kier molecular flexibility index (Phi) is 5.71. The summed E-state index contributed by atoms with van der Waals surface area (Å²) in [4.78, 5) is 12.1. The van der Waals surface area contributed by atoms with Crippen molar-refractivity contribution in [3.8, 4) is 16.9 Å². The second-order valence-corrected chi connectivity index (χ2v) is 7.80. The smallest absolute Gasteiger partial charge is 0.408 e. The molecule has 3 rings (SSSR count). The van der Waals surface area contributed by atoms with Gasteiger partial charge in [0.05, 0.1) is 18.4 Å². The van der Waals surface area contributed by atoms with Gasteiger partial charge in [0.2, 0.25) is 0 Å². The first kappa shape index (κ1) is 20.9. The normalized spacial score (nSPS) is 12.4. The molecule has 0 radical (unpaired) electrons. The third-order valence-corrected chi connectivity index (χ3v) is 4.51. The van der Waals surface area contributed by atoms with Gasteiger partial charge in [-0.2, -0.15) is 8.42 Å². The fourth-order valence-electron chi connectivity index (χ4n) is 2.74. The van der Waals surface area contributed by atoms with Gasteiger partial charge < -0.3 is 9.15 Å². The van der Waals surface area contributed by atoms with Crippen LogP contribution in [0.4, 0.5) is 13.2 Å². The molecule has 1 aromatic heterocycles. The molecule has 0 aliphatic heterocycles.